The highest BCUT2D eigenvalue weighted by atomic mass is 16.7. The highest BCUT2D eigenvalue weighted by molar-refractivity contribution is 5.97. The molecular weight excluding hydrogens is 398 g/mol. The van der Waals surface area contributed by atoms with Crippen molar-refractivity contribution in [1.29, 1.82) is 0 Å². The molecule has 2 amide bonds. The van der Waals surface area contributed by atoms with Crippen LogP contribution in [0.15, 0.2) is 36.4 Å². The molecule has 0 radical (unpaired) electrons. The van der Waals surface area contributed by atoms with E-state index >= 15 is 0 Å². The van der Waals surface area contributed by atoms with Crippen molar-refractivity contribution in [3.63, 3.8) is 0 Å². The number of carbonyl (C=O) groups excluding carboxylic acids is 2. The molecule has 0 unspecified atom stereocenters. The predicted molar refractivity (Wildman–Crippen MR) is 111 cm³/mol. The predicted octanol–water partition coefficient (Wildman–Crippen LogP) is 2.22. The van der Waals surface area contributed by atoms with Crippen LogP contribution in [0, 0.1) is 0 Å². The summed E-state index contributed by atoms with van der Waals surface area (Å²) in [5.41, 5.74) is 3.78. The Morgan fingerprint density at radius 2 is 1.94 bits per heavy atom. The number of hydrogen-bond donors (Lipinski definition) is 1. The van der Waals surface area contributed by atoms with Gasteiger partial charge in [0, 0.05) is 30.1 Å². The number of H-pyrrole nitrogens is 1. The number of methoxy groups -OCH3 is 1. The average molecular weight is 419 g/mol. The van der Waals surface area contributed by atoms with Crippen LogP contribution in [0.25, 0.3) is 10.9 Å². The Labute approximate surface area is 178 Å². The first-order chi connectivity index (χ1) is 15.0. The lowest BCUT2D eigenvalue weighted by atomic mass is 9.86. The van der Waals surface area contributed by atoms with E-state index in [1.165, 1.54) is 4.90 Å². The van der Waals surface area contributed by atoms with Crippen molar-refractivity contribution in [3.8, 4) is 17.2 Å². The topological polar surface area (TPSA) is 84.1 Å². The molecule has 0 saturated carbocycles. The quantitative estimate of drug-likeness (QED) is 0.689. The maximum absolute atomic E-state index is 13.2. The smallest absolute Gasteiger partial charge is 0.245 e. The van der Waals surface area contributed by atoms with Crippen LogP contribution in [0.1, 0.15) is 22.9 Å². The van der Waals surface area contributed by atoms with Gasteiger partial charge in [0.25, 0.3) is 0 Å². The van der Waals surface area contributed by atoms with Crippen molar-refractivity contribution in [3.05, 3.63) is 53.2 Å². The summed E-state index contributed by atoms with van der Waals surface area (Å²) in [5.74, 6) is 1.95. The van der Waals surface area contributed by atoms with E-state index in [9.17, 15) is 9.59 Å². The fourth-order valence-electron chi connectivity index (χ4n) is 4.99. The van der Waals surface area contributed by atoms with E-state index in [4.69, 9.17) is 14.2 Å². The number of likely N-dealkylation sites (N-methyl/N-ethyl adjacent to an activating group) is 1. The van der Waals surface area contributed by atoms with Crippen molar-refractivity contribution in [1.82, 2.24) is 14.8 Å². The summed E-state index contributed by atoms with van der Waals surface area (Å²) in [6, 6.07) is 10.6. The van der Waals surface area contributed by atoms with E-state index in [0.29, 0.717) is 17.9 Å². The average Bonchev–Trinajstić information content (AvgIpc) is 3.39. The molecule has 2 atom stereocenters. The van der Waals surface area contributed by atoms with E-state index in [1.807, 2.05) is 36.4 Å². The van der Waals surface area contributed by atoms with Crippen molar-refractivity contribution in [2.24, 2.45) is 0 Å². The summed E-state index contributed by atoms with van der Waals surface area (Å²) < 4.78 is 16.5. The molecule has 3 aromatic rings. The molecule has 4 heterocycles. The minimum atomic E-state index is -0.556. The number of piperazine rings is 1. The number of carbonyl (C=O) groups is 2. The molecule has 2 aromatic carbocycles. The van der Waals surface area contributed by atoms with Crippen LogP contribution in [0.2, 0.25) is 0 Å². The van der Waals surface area contributed by atoms with Crippen LogP contribution >= 0.6 is 0 Å². The van der Waals surface area contributed by atoms with Crippen LogP contribution in [-0.2, 0) is 16.0 Å². The van der Waals surface area contributed by atoms with Gasteiger partial charge in [-0.3, -0.25) is 9.59 Å². The summed E-state index contributed by atoms with van der Waals surface area (Å²) >= 11 is 0. The Morgan fingerprint density at radius 1 is 1.10 bits per heavy atom. The number of benzene rings is 2. The zero-order valence-corrected chi connectivity index (χ0v) is 17.2. The molecular formula is C23H21N3O5. The van der Waals surface area contributed by atoms with Gasteiger partial charge in [-0.1, -0.05) is 6.07 Å². The van der Waals surface area contributed by atoms with Gasteiger partial charge < -0.3 is 29.0 Å². The Morgan fingerprint density at radius 3 is 2.77 bits per heavy atom. The summed E-state index contributed by atoms with van der Waals surface area (Å²) in [6.07, 6.45) is 0.457. The Kier molecular flexibility index (Phi) is 3.74. The lowest BCUT2D eigenvalue weighted by Gasteiger charge is -2.46. The molecule has 0 bridgehead atoms. The molecule has 8 heteroatoms. The van der Waals surface area contributed by atoms with Crippen LogP contribution in [0.3, 0.4) is 0 Å². The number of ether oxygens (including phenoxy) is 3. The van der Waals surface area contributed by atoms with E-state index in [2.05, 4.69) is 4.98 Å². The number of nitrogens with one attached hydrogen (secondary N) is 1. The maximum Gasteiger partial charge on any atom is 0.245 e. The lowest BCUT2D eigenvalue weighted by Crippen LogP contribution is -2.62. The summed E-state index contributed by atoms with van der Waals surface area (Å²) in [4.78, 5) is 33.0. The summed E-state index contributed by atoms with van der Waals surface area (Å²) in [6.45, 7) is 0.245. The number of hydrogen-bond acceptors (Lipinski definition) is 5. The summed E-state index contributed by atoms with van der Waals surface area (Å²) in [7, 11) is 3.32. The van der Waals surface area contributed by atoms with Crippen molar-refractivity contribution < 1.29 is 23.8 Å². The summed E-state index contributed by atoms with van der Waals surface area (Å²) in [5, 5.41) is 1.01. The van der Waals surface area contributed by atoms with Gasteiger partial charge in [0.2, 0.25) is 18.6 Å². The van der Waals surface area contributed by atoms with Gasteiger partial charge in [-0.15, -0.1) is 0 Å². The third-order valence-electron chi connectivity index (χ3n) is 6.47. The molecule has 6 rings (SSSR count). The zero-order valence-electron chi connectivity index (χ0n) is 17.2. The van der Waals surface area contributed by atoms with E-state index < -0.39 is 12.1 Å². The van der Waals surface area contributed by atoms with Crippen LogP contribution in [0.4, 0.5) is 0 Å². The minimum Gasteiger partial charge on any atom is -0.497 e. The molecule has 0 aliphatic carbocycles. The van der Waals surface area contributed by atoms with Crippen LogP contribution < -0.4 is 14.2 Å². The largest absolute Gasteiger partial charge is 0.497 e. The Hall–Kier alpha value is -3.68. The number of aromatic nitrogens is 1. The fraction of sp³-hybridized carbons (Fsp3) is 0.304. The molecule has 31 heavy (non-hydrogen) atoms. The highest BCUT2D eigenvalue weighted by Crippen LogP contribution is 2.45. The second kappa shape index (κ2) is 6.41. The fourth-order valence-corrected chi connectivity index (χ4v) is 4.99. The SMILES string of the molecule is COc1ccc2[nH]c3c(c2c1)C[C@@H]1C(=O)N(C)CC(=O)N1[C@@H]3c1ccc2c(c1)OCO2. The number of rotatable bonds is 2. The Bertz CT molecular complexity index is 1250. The second-order valence-corrected chi connectivity index (χ2v) is 8.16. The van der Waals surface area contributed by atoms with Gasteiger partial charge in [-0.2, -0.15) is 0 Å². The minimum absolute atomic E-state index is 0.0479. The first-order valence-corrected chi connectivity index (χ1v) is 10.2. The molecule has 3 aliphatic heterocycles. The standard InChI is InChI=1S/C23H21N3O5/c1-25-10-20(27)26-17(23(25)28)9-15-14-8-13(29-2)4-5-16(14)24-21(15)22(26)12-3-6-18-19(7-12)31-11-30-18/h3-8,17,22,24H,9-11H2,1-2H3/t17-,22-/m1/s1. The molecule has 3 aliphatic rings. The van der Waals surface area contributed by atoms with Gasteiger partial charge in [0.1, 0.15) is 11.8 Å². The molecule has 158 valence electrons. The van der Waals surface area contributed by atoms with Gasteiger partial charge in [-0.05, 0) is 41.5 Å². The molecule has 1 fully saturated rings. The zero-order chi connectivity index (χ0) is 21.3. The third kappa shape index (κ3) is 2.54. The van der Waals surface area contributed by atoms with E-state index in [0.717, 1.165) is 33.5 Å². The normalized spacial score (nSPS) is 22.0. The van der Waals surface area contributed by atoms with Crippen molar-refractivity contribution >= 4 is 22.7 Å². The van der Waals surface area contributed by atoms with Crippen molar-refractivity contribution in [2.45, 2.75) is 18.5 Å². The molecule has 1 N–H and O–H groups in total. The monoisotopic (exact) mass is 419 g/mol. The highest BCUT2D eigenvalue weighted by Gasteiger charge is 2.47. The number of amides is 2. The van der Waals surface area contributed by atoms with E-state index in [1.54, 1.807) is 19.1 Å². The lowest BCUT2D eigenvalue weighted by molar-refractivity contribution is -0.157. The maximum atomic E-state index is 13.2. The number of aromatic amines is 1. The van der Waals surface area contributed by atoms with E-state index in [-0.39, 0.29) is 25.2 Å². The molecule has 8 nitrogen and oxygen atoms in total. The number of fused-ring (bicyclic) bond motifs is 5. The Balaban J connectivity index is 1.59. The van der Waals surface area contributed by atoms with Crippen LogP contribution in [-0.4, -0.2) is 60.1 Å². The third-order valence-corrected chi connectivity index (χ3v) is 6.47. The first kappa shape index (κ1) is 18.1. The first-order valence-electron chi connectivity index (χ1n) is 10.2. The second-order valence-electron chi connectivity index (χ2n) is 8.16. The van der Waals surface area contributed by atoms with Gasteiger partial charge in [0.15, 0.2) is 11.5 Å². The number of nitrogens with zero attached hydrogens (tertiary/aromatic N) is 2. The molecule has 1 aromatic heterocycles. The van der Waals surface area contributed by atoms with Gasteiger partial charge >= 0.3 is 0 Å². The van der Waals surface area contributed by atoms with Crippen LogP contribution in [0.5, 0.6) is 17.2 Å². The van der Waals surface area contributed by atoms with Gasteiger partial charge in [0.05, 0.1) is 19.7 Å². The van der Waals surface area contributed by atoms with Crippen molar-refractivity contribution in [2.75, 3.05) is 27.5 Å². The molecule has 0 spiro atoms. The van der Waals surface area contributed by atoms with Gasteiger partial charge in [-0.25, -0.2) is 0 Å². The molecule has 1 saturated heterocycles.